The summed E-state index contributed by atoms with van der Waals surface area (Å²) in [5.74, 6) is 0.0638. The summed E-state index contributed by atoms with van der Waals surface area (Å²) in [7, 11) is 0. The Bertz CT molecular complexity index is 1090. The number of carbonyl (C=O) groups is 1. The smallest absolute Gasteiger partial charge is 0.262 e. The lowest BCUT2D eigenvalue weighted by atomic mass is 10.1. The van der Waals surface area contributed by atoms with Crippen LogP contribution in [0.15, 0.2) is 58.5 Å². The monoisotopic (exact) mass is 413 g/mol. The summed E-state index contributed by atoms with van der Waals surface area (Å²) in [5, 5.41) is 4.81. The Hall–Kier alpha value is -2.31. The first-order valence-corrected chi connectivity index (χ1v) is 10.6. The van der Waals surface area contributed by atoms with Crippen molar-refractivity contribution in [2.75, 3.05) is 5.75 Å². The topological polar surface area (TPSA) is 64.0 Å². The van der Waals surface area contributed by atoms with Crippen LogP contribution in [0.5, 0.6) is 0 Å². The minimum absolute atomic E-state index is 0.0274. The van der Waals surface area contributed by atoms with Gasteiger partial charge < -0.3 is 5.32 Å². The van der Waals surface area contributed by atoms with Gasteiger partial charge >= 0.3 is 0 Å². The molecule has 1 aromatic heterocycles. The van der Waals surface area contributed by atoms with Crippen LogP contribution in [0.2, 0.25) is 5.02 Å². The van der Waals surface area contributed by atoms with Crippen LogP contribution in [0, 0.1) is 0 Å². The number of halogens is 1. The Morgan fingerprint density at radius 2 is 1.96 bits per heavy atom. The molecule has 0 bridgehead atoms. The standard InChI is InChI=1S/C21H20ClN3O2S/c1-13(15-6-2-4-8-17(15)22)23-19(26)12-28-21-24-18-9-5-3-7-16(18)20(27)25(21)14-10-11-14/h2-9,13-14H,10-12H2,1H3,(H,23,26)/t13-/m1/s1. The fraction of sp³-hybridized carbons (Fsp3) is 0.286. The largest absolute Gasteiger partial charge is 0.349 e. The number of para-hydroxylation sites is 1. The van der Waals surface area contributed by atoms with E-state index >= 15 is 0 Å². The number of benzene rings is 2. The molecule has 0 radical (unpaired) electrons. The van der Waals surface area contributed by atoms with Crippen LogP contribution >= 0.6 is 23.4 Å². The number of carbonyl (C=O) groups excluding carboxylic acids is 1. The summed E-state index contributed by atoms with van der Waals surface area (Å²) in [6.07, 6.45) is 1.95. The summed E-state index contributed by atoms with van der Waals surface area (Å²) in [6.45, 7) is 1.90. The van der Waals surface area contributed by atoms with Gasteiger partial charge in [-0.15, -0.1) is 0 Å². The van der Waals surface area contributed by atoms with Crippen molar-refractivity contribution >= 4 is 40.2 Å². The van der Waals surface area contributed by atoms with Gasteiger partial charge in [-0.2, -0.15) is 0 Å². The van der Waals surface area contributed by atoms with Crippen molar-refractivity contribution in [2.24, 2.45) is 0 Å². The van der Waals surface area contributed by atoms with Gasteiger partial charge in [0.2, 0.25) is 5.91 Å². The van der Waals surface area contributed by atoms with Gasteiger partial charge in [-0.25, -0.2) is 4.98 Å². The van der Waals surface area contributed by atoms with Gasteiger partial charge in [0.25, 0.3) is 5.56 Å². The average Bonchev–Trinajstić information content (AvgIpc) is 3.51. The molecule has 1 aliphatic carbocycles. The number of aromatic nitrogens is 2. The molecule has 144 valence electrons. The van der Waals surface area contributed by atoms with Crippen LogP contribution in [0.3, 0.4) is 0 Å². The maximum absolute atomic E-state index is 12.9. The summed E-state index contributed by atoms with van der Waals surface area (Å²) < 4.78 is 1.75. The normalized spacial score (nSPS) is 14.8. The zero-order valence-corrected chi connectivity index (χ0v) is 17.0. The molecule has 28 heavy (non-hydrogen) atoms. The number of nitrogens with one attached hydrogen (secondary N) is 1. The first-order valence-electron chi connectivity index (χ1n) is 9.22. The molecule has 0 unspecified atom stereocenters. The molecule has 1 heterocycles. The van der Waals surface area contributed by atoms with E-state index in [0.29, 0.717) is 21.1 Å². The Labute approximate surface area is 172 Å². The molecule has 1 N–H and O–H groups in total. The van der Waals surface area contributed by atoms with Gasteiger partial charge in [0.05, 0.1) is 22.7 Å². The number of nitrogens with zero attached hydrogens (tertiary/aromatic N) is 2. The molecular formula is C21H20ClN3O2S. The molecular weight excluding hydrogens is 394 g/mol. The van der Waals surface area contributed by atoms with Crippen LogP contribution in [0.25, 0.3) is 10.9 Å². The number of thioether (sulfide) groups is 1. The van der Waals surface area contributed by atoms with E-state index in [0.717, 1.165) is 18.4 Å². The molecule has 7 heteroatoms. The lowest BCUT2D eigenvalue weighted by Gasteiger charge is -2.16. The fourth-order valence-corrected chi connectivity index (χ4v) is 4.38. The summed E-state index contributed by atoms with van der Waals surface area (Å²) >= 11 is 7.51. The summed E-state index contributed by atoms with van der Waals surface area (Å²) in [4.78, 5) is 30.0. The van der Waals surface area contributed by atoms with Gasteiger partial charge in [0.15, 0.2) is 5.16 Å². The second-order valence-corrected chi connectivity index (χ2v) is 8.27. The van der Waals surface area contributed by atoms with Crippen molar-refractivity contribution in [3.05, 3.63) is 69.5 Å². The van der Waals surface area contributed by atoms with Crippen molar-refractivity contribution in [1.82, 2.24) is 14.9 Å². The van der Waals surface area contributed by atoms with E-state index in [-0.39, 0.29) is 29.3 Å². The highest BCUT2D eigenvalue weighted by molar-refractivity contribution is 7.99. The molecule has 0 aliphatic heterocycles. The number of amides is 1. The van der Waals surface area contributed by atoms with E-state index in [1.54, 1.807) is 10.6 Å². The van der Waals surface area contributed by atoms with Crippen molar-refractivity contribution in [3.63, 3.8) is 0 Å². The summed E-state index contributed by atoms with van der Waals surface area (Å²) in [5.41, 5.74) is 1.51. The van der Waals surface area contributed by atoms with Crippen LogP contribution in [0.1, 0.15) is 37.4 Å². The second-order valence-electron chi connectivity index (χ2n) is 6.92. The van der Waals surface area contributed by atoms with E-state index in [1.807, 2.05) is 49.4 Å². The maximum Gasteiger partial charge on any atom is 0.262 e. The zero-order valence-electron chi connectivity index (χ0n) is 15.4. The third kappa shape index (κ3) is 3.93. The first kappa shape index (κ1) is 19.0. The maximum atomic E-state index is 12.9. The molecule has 1 amide bonds. The predicted molar refractivity (Wildman–Crippen MR) is 113 cm³/mol. The molecule has 4 rings (SSSR count). The fourth-order valence-electron chi connectivity index (χ4n) is 3.20. The van der Waals surface area contributed by atoms with Gasteiger partial charge in [-0.05, 0) is 43.5 Å². The number of fused-ring (bicyclic) bond motifs is 1. The molecule has 1 saturated carbocycles. The van der Waals surface area contributed by atoms with E-state index in [9.17, 15) is 9.59 Å². The number of rotatable bonds is 6. The molecule has 1 aliphatic rings. The van der Waals surface area contributed by atoms with Gasteiger partial charge in [0.1, 0.15) is 0 Å². The number of hydrogen-bond donors (Lipinski definition) is 1. The molecule has 3 aromatic rings. The van der Waals surface area contributed by atoms with Crippen molar-refractivity contribution in [1.29, 1.82) is 0 Å². The SMILES string of the molecule is C[C@@H](NC(=O)CSc1nc2ccccc2c(=O)n1C1CC1)c1ccccc1Cl. The van der Waals surface area contributed by atoms with Crippen LogP contribution in [0.4, 0.5) is 0 Å². The van der Waals surface area contributed by atoms with Crippen LogP contribution < -0.4 is 10.9 Å². The predicted octanol–water partition coefficient (Wildman–Crippen LogP) is 4.35. The van der Waals surface area contributed by atoms with Crippen molar-refractivity contribution in [3.8, 4) is 0 Å². The molecule has 1 atom stereocenters. The molecule has 1 fully saturated rings. The summed E-state index contributed by atoms with van der Waals surface area (Å²) in [6, 6.07) is 14.8. The third-order valence-electron chi connectivity index (χ3n) is 4.77. The van der Waals surface area contributed by atoms with E-state index < -0.39 is 0 Å². The minimum Gasteiger partial charge on any atom is -0.349 e. The molecule has 5 nitrogen and oxygen atoms in total. The van der Waals surface area contributed by atoms with Gasteiger partial charge in [-0.3, -0.25) is 14.2 Å². The Balaban J connectivity index is 1.51. The highest BCUT2D eigenvalue weighted by atomic mass is 35.5. The molecule has 2 aromatic carbocycles. The highest BCUT2D eigenvalue weighted by Crippen LogP contribution is 2.36. The average molecular weight is 414 g/mol. The van der Waals surface area contributed by atoms with Gasteiger partial charge in [0, 0.05) is 11.1 Å². The minimum atomic E-state index is -0.197. The van der Waals surface area contributed by atoms with E-state index in [1.165, 1.54) is 11.8 Å². The third-order valence-corrected chi connectivity index (χ3v) is 6.07. The lowest BCUT2D eigenvalue weighted by Crippen LogP contribution is -2.29. The first-order chi connectivity index (χ1) is 13.5. The van der Waals surface area contributed by atoms with E-state index in [2.05, 4.69) is 10.3 Å². The highest BCUT2D eigenvalue weighted by Gasteiger charge is 2.28. The van der Waals surface area contributed by atoms with Gasteiger partial charge in [-0.1, -0.05) is 53.7 Å². The Kier molecular flexibility index (Phi) is 5.42. The quantitative estimate of drug-likeness (QED) is 0.482. The lowest BCUT2D eigenvalue weighted by molar-refractivity contribution is -0.119. The van der Waals surface area contributed by atoms with Crippen LogP contribution in [-0.4, -0.2) is 21.2 Å². The second kappa shape index (κ2) is 7.97. The molecule has 0 saturated heterocycles. The van der Waals surface area contributed by atoms with E-state index in [4.69, 9.17) is 11.6 Å². The number of hydrogen-bond acceptors (Lipinski definition) is 4. The Morgan fingerprint density at radius 3 is 2.71 bits per heavy atom. The van der Waals surface area contributed by atoms with Crippen molar-refractivity contribution in [2.45, 2.75) is 37.0 Å². The zero-order chi connectivity index (χ0) is 19.7. The molecule has 0 spiro atoms. The van der Waals surface area contributed by atoms with Crippen LogP contribution in [-0.2, 0) is 4.79 Å². The van der Waals surface area contributed by atoms with Crippen molar-refractivity contribution < 1.29 is 4.79 Å². The Morgan fingerprint density at radius 1 is 1.25 bits per heavy atom.